The first kappa shape index (κ1) is 23.7. The molecule has 7 nitrogen and oxygen atoms in total. The maximum absolute atomic E-state index is 13.2. The van der Waals surface area contributed by atoms with Crippen LogP contribution in [-0.4, -0.2) is 49.3 Å². The van der Waals surface area contributed by atoms with E-state index >= 15 is 0 Å². The van der Waals surface area contributed by atoms with E-state index in [0.29, 0.717) is 22.4 Å². The van der Waals surface area contributed by atoms with E-state index < -0.39 is 28.7 Å². The van der Waals surface area contributed by atoms with Crippen molar-refractivity contribution in [3.63, 3.8) is 0 Å². The summed E-state index contributed by atoms with van der Waals surface area (Å²) in [4.78, 5) is 17.8. The highest BCUT2D eigenvalue weighted by Gasteiger charge is 2.28. The summed E-state index contributed by atoms with van der Waals surface area (Å²) >= 11 is 0. The van der Waals surface area contributed by atoms with E-state index in [9.17, 15) is 26.4 Å². The smallest absolute Gasteiger partial charge is 0.422 e. The van der Waals surface area contributed by atoms with Gasteiger partial charge in [-0.3, -0.25) is 9.36 Å². The van der Waals surface area contributed by atoms with Crippen molar-refractivity contribution in [1.82, 2.24) is 14.9 Å². The molecule has 0 saturated carbocycles. The molecule has 0 bridgehead atoms. The number of hydrogen-bond donors (Lipinski definition) is 1. The zero-order chi connectivity index (χ0) is 23.5. The molecular weight excluding hydrogens is 447 g/mol. The first-order valence-electron chi connectivity index (χ1n) is 9.67. The predicted octanol–water partition coefficient (Wildman–Crippen LogP) is 3.02. The van der Waals surface area contributed by atoms with Crippen LogP contribution in [0.4, 0.5) is 13.2 Å². The number of nitrogens with one attached hydrogen (secondary N) is 1. The average molecular weight is 469 g/mol. The molecule has 1 heterocycles. The molecule has 0 aliphatic rings. The Morgan fingerprint density at radius 2 is 1.78 bits per heavy atom. The van der Waals surface area contributed by atoms with Crippen LogP contribution in [0.1, 0.15) is 18.8 Å². The Hall–Kier alpha value is -2.92. The van der Waals surface area contributed by atoms with Crippen LogP contribution in [0.2, 0.25) is 0 Å². The van der Waals surface area contributed by atoms with Crippen molar-refractivity contribution in [3.8, 4) is 11.4 Å². The van der Waals surface area contributed by atoms with Gasteiger partial charge in [0.05, 0.1) is 28.4 Å². The predicted molar refractivity (Wildman–Crippen MR) is 115 cm³/mol. The van der Waals surface area contributed by atoms with Gasteiger partial charge in [-0.25, -0.2) is 13.4 Å². The lowest BCUT2D eigenvalue weighted by atomic mass is 10.2. The minimum atomic E-state index is -4.46. The summed E-state index contributed by atoms with van der Waals surface area (Å²) in [5.74, 6) is 0.264. The molecule has 0 aliphatic heterocycles. The number of alkyl halides is 3. The van der Waals surface area contributed by atoms with Crippen molar-refractivity contribution < 1.29 is 26.3 Å². The Balaban J connectivity index is 2.00. The summed E-state index contributed by atoms with van der Waals surface area (Å²) in [5, 5.41) is 3.43. The van der Waals surface area contributed by atoms with Crippen LogP contribution in [0, 0.1) is 0 Å². The fourth-order valence-electron chi connectivity index (χ4n) is 3.10. The van der Waals surface area contributed by atoms with Crippen LogP contribution in [0.3, 0.4) is 0 Å². The van der Waals surface area contributed by atoms with Gasteiger partial charge in [-0.05, 0) is 43.3 Å². The fraction of sp³-hybridized carbons (Fsp3) is 0.333. The maximum Gasteiger partial charge on any atom is 0.422 e. The summed E-state index contributed by atoms with van der Waals surface area (Å²) < 4.78 is 66.1. The van der Waals surface area contributed by atoms with Crippen molar-refractivity contribution in [1.29, 1.82) is 0 Å². The third kappa shape index (κ3) is 6.07. The second-order valence-electron chi connectivity index (χ2n) is 7.33. The number of rotatable bonds is 8. The Morgan fingerprint density at radius 1 is 1.12 bits per heavy atom. The van der Waals surface area contributed by atoms with Crippen LogP contribution < -0.4 is 15.6 Å². The Morgan fingerprint density at radius 3 is 2.41 bits per heavy atom. The number of nitrogens with zero attached hydrogens (tertiary/aromatic N) is 2. The molecule has 0 aliphatic carbocycles. The van der Waals surface area contributed by atoms with E-state index in [0.717, 1.165) is 6.26 Å². The normalized spacial score (nSPS) is 13.3. The summed E-state index contributed by atoms with van der Waals surface area (Å²) in [6.45, 7) is 0.486. The topological polar surface area (TPSA) is 90.3 Å². The fourth-order valence-corrected chi connectivity index (χ4v) is 3.59. The zero-order valence-electron chi connectivity index (χ0n) is 17.4. The van der Waals surface area contributed by atoms with Crippen LogP contribution in [0.25, 0.3) is 16.6 Å². The van der Waals surface area contributed by atoms with Gasteiger partial charge in [0.1, 0.15) is 21.4 Å². The van der Waals surface area contributed by atoms with E-state index in [2.05, 4.69) is 10.3 Å². The standard InChI is InChI=1S/C21H22F3N3O4S/c1-14(25-11-12-32(2,29)30)19-26-18-6-4-3-5-17(18)20(28)27(19)15-7-9-16(10-8-15)31-13-21(22,23)24/h3-10,14,25H,11-13H2,1-2H3/t14-/m1/s1. The molecule has 1 atom stereocenters. The Bertz CT molecular complexity index is 1260. The van der Waals surface area contributed by atoms with Crippen molar-refractivity contribution in [2.24, 2.45) is 0 Å². The molecule has 1 aromatic heterocycles. The molecule has 0 amide bonds. The van der Waals surface area contributed by atoms with E-state index in [1.807, 2.05) is 0 Å². The summed E-state index contributed by atoms with van der Waals surface area (Å²) in [7, 11) is -3.17. The van der Waals surface area contributed by atoms with Crippen LogP contribution in [0.5, 0.6) is 5.75 Å². The van der Waals surface area contributed by atoms with E-state index in [1.54, 1.807) is 31.2 Å². The van der Waals surface area contributed by atoms with E-state index in [4.69, 9.17) is 4.74 Å². The van der Waals surface area contributed by atoms with Gasteiger partial charge >= 0.3 is 6.18 Å². The number of halogens is 3. The van der Waals surface area contributed by atoms with Crippen LogP contribution >= 0.6 is 0 Å². The van der Waals surface area contributed by atoms with Gasteiger partial charge in [0.15, 0.2) is 6.61 Å². The largest absolute Gasteiger partial charge is 0.484 e. The summed E-state index contributed by atoms with van der Waals surface area (Å²) in [5.41, 5.74) is 0.511. The molecular formula is C21H22F3N3O4S. The molecule has 3 rings (SSSR count). The first-order chi connectivity index (χ1) is 14.9. The number of sulfone groups is 1. The second kappa shape index (κ2) is 9.29. The van der Waals surface area contributed by atoms with E-state index in [1.165, 1.54) is 28.8 Å². The average Bonchev–Trinajstić information content (AvgIpc) is 2.71. The van der Waals surface area contributed by atoms with Gasteiger partial charge in [0.2, 0.25) is 0 Å². The van der Waals surface area contributed by atoms with Crippen LogP contribution in [-0.2, 0) is 9.84 Å². The first-order valence-corrected chi connectivity index (χ1v) is 11.7. The highest BCUT2D eigenvalue weighted by molar-refractivity contribution is 7.90. The molecule has 172 valence electrons. The third-order valence-electron chi connectivity index (χ3n) is 4.61. The van der Waals surface area contributed by atoms with Gasteiger partial charge in [-0.2, -0.15) is 13.2 Å². The lowest BCUT2D eigenvalue weighted by Gasteiger charge is -2.20. The molecule has 0 saturated heterocycles. The molecule has 11 heteroatoms. The van der Waals surface area contributed by atoms with Crippen molar-refractivity contribution >= 4 is 20.7 Å². The Kier molecular flexibility index (Phi) is 6.89. The molecule has 3 aromatic rings. The maximum atomic E-state index is 13.2. The molecule has 32 heavy (non-hydrogen) atoms. The van der Waals surface area contributed by atoms with Crippen LogP contribution in [0.15, 0.2) is 53.3 Å². The minimum Gasteiger partial charge on any atom is -0.484 e. The summed E-state index contributed by atoms with van der Waals surface area (Å²) in [6.07, 6.45) is -3.33. The van der Waals surface area contributed by atoms with Gasteiger partial charge in [-0.15, -0.1) is 0 Å². The second-order valence-corrected chi connectivity index (χ2v) is 9.59. The molecule has 2 aromatic carbocycles. The molecule has 0 fully saturated rings. The van der Waals surface area contributed by atoms with Crippen molar-refractivity contribution in [2.45, 2.75) is 19.1 Å². The number of para-hydroxylation sites is 1. The van der Waals surface area contributed by atoms with Gasteiger partial charge in [0, 0.05) is 12.8 Å². The van der Waals surface area contributed by atoms with Gasteiger partial charge in [-0.1, -0.05) is 12.1 Å². The number of aromatic nitrogens is 2. The highest BCUT2D eigenvalue weighted by Crippen LogP contribution is 2.22. The highest BCUT2D eigenvalue weighted by atomic mass is 32.2. The van der Waals surface area contributed by atoms with Crippen molar-refractivity contribution in [3.05, 3.63) is 64.7 Å². The zero-order valence-corrected chi connectivity index (χ0v) is 18.2. The lowest BCUT2D eigenvalue weighted by Crippen LogP contribution is -2.32. The quantitative estimate of drug-likeness (QED) is 0.546. The SMILES string of the molecule is C[C@@H](NCCS(C)(=O)=O)c1nc2ccccc2c(=O)n1-c1ccc(OCC(F)(F)F)cc1. The molecule has 0 radical (unpaired) electrons. The van der Waals surface area contributed by atoms with E-state index in [-0.39, 0.29) is 23.6 Å². The monoisotopic (exact) mass is 469 g/mol. The third-order valence-corrected chi connectivity index (χ3v) is 5.56. The Labute approximate surface area is 182 Å². The number of fused-ring (bicyclic) bond motifs is 1. The molecule has 0 unspecified atom stereocenters. The van der Waals surface area contributed by atoms with Crippen molar-refractivity contribution in [2.75, 3.05) is 25.2 Å². The summed E-state index contributed by atoms with van der Waals surface area (Å²) in [6, 6.07) is 11.9. The number of ether oxygens (including phenoxy) is 1. The lowest BCUT2D eigenvalue weighted by molar-refractivity contribution is -0.153. The van der Waals surface area contributed by atoms with Gasteiger partial charge < -0.3 is 10.1 Å². The molecule has 0 spiro atoms. The number of hydrogen-bond acceptors (Lipinski definition) is 6. The van der Waals surface area contributed by atoms with Gasteiger partial charge in [0.25, 0.3) is 5.56 Å². The minimum absolute atomic E-state index is 0.00810. The number of benzene rings is 2. The molecule has 1 N–H and O–H groups in total.